The summed E-state index contributed by atoms with van der Waals surface area (Å²) in [5, 5.41) is 0.182. The summed E-state index contributed by atoms with van der Waals surface area (Å²) in [4.78, 5) is 3.89. The van der Waals surface area contributed by atoms with Crippen LogP contribution in [0.3, 0.4) is 0 Å². The molecule has 1 heterocycles. The van der Waals surface area contributed by atoms with Crippen LogP contribution in [-0.4, -0.2) is 4.98 Å². The van der Waals surface area contributed by atoms with Crippen molar-refractivity contribution in [1.29, 1.82) is 0 Å². The Morgan fingerprint density at radius 1 is 1.45 bits per heavy atom. The molecule has 1 aromatic rings. The number of rotatable bonds is 0. The number of oxazole rings is 1. The summed E-state index contributed by atoms with van der Waals surface area (Å²) in [6.07, 6.45) is 0. The highest BCUT2D eigenvalue weighted by atomic mass is 79.9. The topological polar surface area (TPSA) is 26.0 Å². The van der Waals surface area contributed by atoms with E-state index in [-0.39, 0.29) is 10.8 Å². The number of hydrogen-bond acceptors (Lipinski definition) is 2. The molecule has 11 heavy (non-hydrogen) atoms. The van der Waals surface area contributed by atoms with Gasteiger partial charge in [0.15, 0.2) is 0 Å². The Balaban J connectivity index is 3.13. The maximum atomic E-state index is 5.56. The molecule has 0 saturated heterocycles. The minimum atomic E-state index is -0.0566. The summed E-state index contributed by atoms with van der Waals surface area (Å²) in [6.45, 7) is 6.11. The Labute approximate surface area is 79.1 Å². The average molecular weight is 239 g/mol. The van der Waals surface area contributed by atoms with Crippen LogP contribution in [0.1, 0.15) is 26.5 Å². The molecule has 62 valence electrons. The Hall–Kier alpha value is -0.0200. The summed E-state index contributed by atoms with van der Waals surface area (Å²) in [5.74, 6) is 0.780. The summed E-state index contributed by atoms with van der Waals surface area (Å²) in [7, 11) is 0. The van der Waals surface area contributed by atoms with Crippen molar-refractivity contribution in [3.63, 3.8) is 0 Å². The molecular weight excluding hydrogens is 229 g/mol. The van der Waals surface area contributed by atoms with Gasteiger partial charge >= 0.3 is 0 Å². The first kappa shape index (κ1) is 9.07. The summed E-state index contributed by atoms with van der Waals surface area (Å²) in [5.41, 5.74) is -0.0566. The van der Waals surface area contributed by atoms with Gasteiger partial charge in [0.25, 0.3) is 5.35 Å². The van der Waals surface area contributed by atoms with Crippen LogP contribution in [-0.2, 0) is 5.41 Å². The van der Waals surface area contributed by atoms with Crippen LogP contribution in [0.2, 0.25) is 5.35 Å². The fraction of sp³-hybridized carbons (Fsp3) is 0.571. The average Bonchev–Trinajstić information content (AvgIpc) is 2.08. The maximum absolute atomic E-state index is 5.56. The van der Waals surface area contributed by atoms with Crippen molar-refractivity contribution in [2.75, 3.05) is 0 Å². The van der Waals surface area contributed by atoms with E-state index in [1.807, 2.05) is 20.8 Å². The lowest BCUT2D eigenvalue weighted by Crippen LogP contribution is -2.10. The Morgan fingerprint density at radius 2 is 2.00 bits per heavy atom. The molecule has 2 nitrogen and oxygen atoms in total. The molecule has 4 heteroatoms. The molecule has 0 unspecified atom stereocenters. The first-order valence-corrected chi connectivity index (χ1v) is 4.40. The highest BCUT2D eigenvalue weighted by molar-refractivity contribution is 9.10. The molecule has 0 aromatic carbocycles. The second kappa shape index (κ2) is 2.79. The van der Waals surface area contributed by atoms with E-state index < -0.39 is 0 Å². The van der Waals surface area contributed by atoms with Crippen molar-refractivity contribution in [2.24, 2.45) is 0 Å². The zero-order valence-electron chi connectivity index (χ0n) is 6.61. The standard InChI is InChI=1S/C7H9BrClNO/c1-7(2,3)4-5(8)10-6(9)11-4/h1-3H3. The van der Waals surface area contributed by atoms with E-state index in [9.17, 15) is 0 Å². The largest absolute Gasteiger partial charge is 0.431 e. The van der Waals surface area contributed by atoms with Crippen LogP contribution < -0.4 is 0 Å². The highest BCUT2D eigenvalue weighted by Gasteiger charge is 2.23. The molecule has 0 bridgehead atoms. The number of nitrogens with zero attached hydrogens (tertiary/aromatic N) is 1. The minimum Gasteiger partial charge on any atom is -0.431 e. The first-order chi connectivity index (χ1) is 4.91. The molecule has 0 saturated carbocycles. The molecule has 0 radical (unpaired) electrons. The van der Waals surface area contributed by atoms with Crippen LogP contribution in [0.5, 0.6) is 0 Å². The van der Waals surface area contributed by atoms with Crippen molar-refractivity contribution >= 4 is 27.5 Å². The Bertz CT molecular complexity index is 264. The van der Waals surface area contributed by atoms with E-state index in [0.29, 0.717) is 4.60 Å². The molecule has 0 atom stereocenters. The quantitative estimate of drug-likeness (QED) is 0.692. The Kier molecular flexibility index (Phi) is 2.30. The van der Waals surface area contributed by atoms with E-state index in [1.54, 1.807) is 0 Å². The van der Waals surface area contributed by atoms with Gasteiger partial charge in [-0.3, -0.25) is 0 Å². The molecule has 0 aliphatic rings. The first-order valence-electron chi connectivity index (χ1n) is 3.23. The monoisotopic (exact) mass is 237 g/mol. The van der Waals surface area contributed by atoms with Crippen molar-refractivity contribution in [3.05, 3.63) is 15.7 Å². The smallest absolute Gasteiger partial charge is 0.293 e. The number of aromatic nitrogens is 1. The van der Waals surface area contributed by atoms with Crippen LogP contribution in [0.15, 0.2) is 9.02 Å². The van der Waals surface area contributed by atoms with Crippen LogP contribution in [0.25, 0.3) is 0 Å². The zero-order chi connectivity index (χ0) is 8.65. The van der Waals surface area contributed by atoms with Crippen LogP contribution in [0, 0.1) is 0 Å². The second-order valence-electron chi connectivity index (χ2n) is 3.34. The van der Waals surface area contributed by atoms with E-state index in [1.165, 1.54) is 0 Å². The van der Waals surface area contributed by atoms with Gasteiger partial charge in [-0.1, -0.05) is 20.8 Å². The lowest BCUT2D eigenvalue weighted by Gasteiger charge is -2.13. The molecular formula is C7H9BrClNO. The predicted molar refractivity (Wildman–Crippen MR) is 47.9 cm³/mol. The van der Waals surface area contributed by atoms with Crippen molar-refractivity contribution in [1.82, 2.24) is 4.98 Å². The van der Waals surface area contributed by atoms with E-state index in [4.69, 9.17) is 16.0 Å². The SMILES string of the molecule is CC(C)(C)c1oc(Cl)nc1Br. The van der Waals surface area contributed by atoms with Crippen LogP contribution >= 0.6 is 27.5 Å². The van der Waals surface area contributed by atoms with Gasteiger partial charge in [-0.05, 0) is 27.5 Å². The van der Waals surface area contributed by atoms with Gasteiger partial charge < -0.3 is 4.42 Å². The van der Waals surface area contributed by atoms with Crippen molar-refractivity contribution in [3.8, 4) is 0 Å². The Morgan fingerprint density at radius 3 is 2.18 bits per heavy atom. The van der Waals surface area contributed by atoms with E-state index in [0.717, 1.165) is 5.76 Å². The predicted octanol–water partition coefficient (Wildman–Crippen LogP) is 3.39. The number of hydrogen-bond donors (Lipinski definition) is 0. The van der Waals surface area contributed by atoms with Gasteiger partial charge in [0.2, 0.25) is 0 Å². The van der Waals surface area contributed by atoms with E-state index >= 15 is 0 Å². The number of halogens is 2. The molecule has 0 amide bonds. The third kappa shape index (κ3) is 1.97. The third-order valence-electron chi connectivity index (χ3n) is 1.24. The molecule has 1 rings (SSSR count). The summed E-state index contributed by atoms with van der Waals surface area (Å²) in [6, 6.07) is 0. The third-order valence-corrected chi connectivity index (χ3v) is 1.94. The molecule has 0 spiro atoms. The summed E-state index contributed by atoms with van der Waals surface area (Å²) >= 11 is 8.83. The minimum absolute atomic E-state index is 0.0566. The van der Waals surface area contributed by atoms with Gasteiger partial charge in [0.05, 0.1) is 0 Å². The molecule has 0 aliphatic heterocycles. The highest BCUT2D eigenvalue weighted by Crippen LogP contribution is 2.31. The van der Waals surface area contributed by atoms with E-state index in [2.05, 4.69) is 20.9 Å². The molecule has 0 fully saturated rings. The van der Waals surface area contributed by atoms with Crippen molar-refractivity contribution < 1.29 is 4.42 Å². The fourth-order valence-electron chi connectivity index (χ4n) is 0.740. The van der Waals surface area contributed by atoms with Gasteiger partial charge in [0, 0.05) is 5.41 Å². The van der Waals surface area contributed by atoms with Gasteiger partial charge in [-0.25, -0.2) is 0 Å². The molecule has 0 N–H and O–H groups in total. The van der Waals surface area contributed by atoms with Crippen molar-refractivity contribution in [2.45, 2.75) is 26.2 Å². The van der Waals surface area contributed by atoms with Crippen LogP contribution in [0.4, 0.5) is 0 Å². The summed E-state index contributed by atoms with van der Waals surface area (Å²) < 4.78 is 5.88. The zero-order valence-corrected chi connectivity index (χ0v) is 8.95. The fourth-order valence-corrected chi connectivity index (χ4v) is 1.84. The van der Waals surface area contributed by atoms with Gasteiger partial charge in [-0.15, -0.1) is 0 Å². The normalized spacial score (nSPS) is 12.1. The van der Waals surface area contributed by atoms with Gasteiger partial charge in [0.1, 0.15) is 10.4 Å². The lowest BCUT2D eigenvalue weighted by atomic mass is 9.94. The second-order valence-corrected chi connectivity index (χ2v) is 4.41. The lowest BCUT2D eigenvalue weighted by molar-refractivity contribution is 0.407. The maximum Gasteiger partial charge on any atom is 0.293 e. The molecule has 1 aromatic heterocycles. The van der Waals surface area contributed by atoms with Gasteiger partial charge in [-0.2, -0.15) is 4.98 Å². The molecule has 0 aliphatic carbocycles.